The number of ether oxygens (including phenoxy) is 2. The molecule has 2 rings (SSSR count). The molecule has 1 heterocycles. The zero-order chi connectivity index (χ0) is 16.3. The Morgan fingerprint density at radius 1 is 1.18 bits per heavy atom. The highest BCUT2D eigenvalue weighted by Gasteiger charge is 2.16. The molecule has 1 amide bonds. The largest absolute Gasteiger partial charge is 0.495 e. The van der Waals surface area contributed by atoms with Crippen molar-refractivity contribution in [2.75, 3.05) is 19.5 Å². The Labute approximate surface area is 129 Å². The van der Waals surface area contributed by atoms with Crippen LogP contribution in [0.5, 0.6) is 11.5 Å². The van der Waals surface area contributed by atoms with Gasteiger partial charge in [-0.1, -0.05) is 11.6 Å². The minimum Gasteiger partial charge on any atom is -0.495 e. The number of H-pyrrole nitrogens is 2. The Bertz CT molecular complexity index is 827. The third kappa shape index (κ3) is 3.12. The van der Waals surface area contributed by atoms with Crippen molar-refractivity contribution in [1.82, 2.24) is 9.97 Å². The second-order valence-electron chi connectivity index (χ2n) is 4.13. The van der Waals surface area contributed by atoms with Crippen molar-refractivity contribution in [2.24, 2.45) is 0 Å². The molecule has 0 fully saturated rings. The summed E-state index contributed by atoms with van der Waals surface area (Å²) in [6.07, 6.45) is 1.02. The molecule has 0 atom stereocenters. The Kier molecular flexibility index (Phi) is 4.52. The number of aromatic nitrogens is 2. The van der Waals surface area contributed by atoms with Gasteiger partial charge in [0.05, 0.1) is 24.9 Å². The number of hydrogen-bond acceptors (Lipinski definition) is 5. The van der Waals surface area contributed by atoms with Crippen LogP contribution in [0.25, 0.3) is 0 Å². The van der Waals surface area contributed by atoms with E-state index in [9.17, 15) is 14.4 Å². The molecule has 1 aromatic heterocycles. The maximum atomic E-state index is 12.1. The topological polar surface area (TPSA) is 113 Å². The number of amides is 1. The standard InChI is InChI=1S/C13H12ClN3O5/c1-21-9-4-8(10(22-2)3-7(9)14)16-11(18)6-5-15-13(20)17-12(6)19/h3-5H,1-2H3,(H,16,18)(H2,15,17,19,20). The Morgan fingerprint density at radius 3 is 2.45 bits per heavy atom. The van der Waals surface area contributed by atoms with E-state index in [2.05, 4.69) is 10.3 Å². The number of nitrogens with one attached hydrogen (secondary N) is 3. The summed E-state index contributed by atoms with van der Waals surface area (Å²) < 4.78 is 10.2. The Balaban J connectivity index is 2.39. The van der Waals surface area contributed by atoms with E-state index in [1.807, 2.05) is 4.98 Å². The first-order chi connectivity index (χ1) is 10.5. The first kappa shape index (κ1) is 15.6. The lowest BCUT2D eigenvalue weighted by atomic mass is 10.2. The summed E-state index contributed by atoms with van der Waals surface area (Å²) in [7, 11) is 2.83. The summed E-state index contributed by atoms with van der Waals surface area (Å²) in [4.78, 5) is 38.8. The monoisotopic (exact) mass is 325 g/mol. The molecule has 0 aliphatic carbocycles. The summed E-state index contributed by atoms with van der Waals surface area (Å²) >= 11 is 5.96. The van der Waals surface area contributed by atoms with Crippen LogP contribution in [0.1, 0.15) is 10.4 Å². The number of carbonyl (C=O) groups is 1. The van der Waals surface area contributed by atoms with E-state index in [1.165, 1.54) is 26.4 Å². The average Bonchev–Trinajstić information content (AvgIpc) is 2.48. The van der Waals surface area contributed by atoms with Gasteiger partial charge < -0.3 is 19.8 Å². The van der Waals surface area contributed by atoms with Gasteiger partial charge in [0.15, 0.2) is 0 Å². The molecule has 116 valence electrons. The van der Waals surface area contributed by atoms with E-state index in [-0.39, 0.29) is 11.3 Å². The second kappa shape index (κ2) is 6.35. The van der Waals surface area contributed by atoms with Gasteiger partial charge in [-0.15, -0.1) is 0 Å². The number of rotatable bonds is 4. The van der Waals surface area contributed by atoms with Crippen LogP contribution >= 0.6 is 11.6 Å². The number of anilines is 1. The third-order valence-corrected chi connectivity index (χ3v) is 3.08. The molecule has 0 unspecified atom stereocenters. The van der Waals surface area contributed by atoms with Gasteiger partial charge in [-0.25, -0.2) is 4.79 Å². The van der Waals surface area contributed by atoms with Crippen LogP contribution in [0.15, 0.2) is 27.9 Å². The summed E-state index contributed by atoms with van der Waals surface area (Å²) in [6.45, 7) is 0. The minimum absolute atomic E-state index is 0.254. The molecule has 0 bridgehead atoms. The molecule has 9 heteroatoms. The van der Waals surface area contributed by atoms with Crippen LogP contribution in [0.4, 0.5) is 5.69 Å². The van der Waals surface area contributed by atoms with Gasteiger partial charge in [0.2, 0.25) is 0 Å². The number of halogens is 1. The Morgan fingerprint density at radius 2 is 1.86 bits per heavy atom. The highest BCUT2D eigenvalue weighted by atomic mass is 35.5. The van der Waals surface area contributed by atoms with Crippen LogP contribution in [0.2, 0.25) is 5.02 Å². The van der Waals surface area contributed by atoms with E-state index < -0.39 is 17.2 Å². The highest BCUT2D eigenvalue weighted by molar-refractivity contribution is 6.32. The quantitative estimate of drug-likeness (QED) is 0.775. The maximum Gasteiger partial charge on any atom is 0.325 e. The fourth-order valence-electron chi connectivity index (χ4n) is 1.73. The SMILES string of the molecule is COc1cc(NC(=O)c2c[nH]c(=O)[nH]c2=O)c(OC)cc1Cl. The van der Waals surface area contributed by atoms with Crippen LogP contribution in [-0.2, 0) is 0 Å². The highest BCUT2D eigenvalue weighted by Crippen LogP contribution is 2.35. The zero-order valence-corrected chi connectivity index (χ0v) is 12.4. The lowest BCUT2D eigenvalue weighted by molar-refractivity contribution is 0.102. The number of carbonyl (C=O) groups excluding carboxylic acids is 1. The van der Waals surface area contributed by atoms with Gasteiger partial charge in [-0.3, -0.25) is 14.6 Å². The summed E-state index contributed by atoms with van der Waals surface area (Å²) in [5.41, 5.74) is -1.50. The van der Waals surface area contributed by atoms with Crippen molar-refractivity contribution >= 4 is 23.2 Å². The van der Waals surface area contributed by atoms with E-state index >= 15 is 0 Å². The molecule has 0 saturated heterocycles. The van der Waals surface area contributed by atoms with E-state index in [1.54, 1.807) is 0 Å². The average molecular weight is 326 g/mol. The van der Waals surface area contributed by atoms with Gasteiger partial charge >= 0.3 is 5.69 Å². The molecule has 22 heavy (non-hydrogen) atoms. The summed E-state index contributed by atoms with van der Waals surface area (Å²) in [6, 6.07) is 2.92. The maximum absolute atomic E-state index is 12.1. The predicted octanol–water partition coefficient (Wildman–Crippen LogP) is 0.986. The molecule has 0 spiro atoms. The van der Waals surface area contributed by atoms with E-state index in [4.69, 9.17) is 21.1 Å². The fraction of sp³-hybridized carbons (Fsp3) is 0.154. The first-order valence-electron chi connectivity index (χ1n) is 6.01. The van der Waals surface area contributed by atoms with Gasteiger partial charge in [0, 0.05) is 18.3 Å². The van der Waals surface area contributed by atoms with Gasteiger partial charge in [0.1, 0.15) is 17.1 Å². The lowest BCUT2D eigenvalue weighted by Gasteiger charge is -2.12. The lowest BCUT2D eigenvalue weighted by Crippen LogP contribution is -2.29. The molecular weight excluding hydrogens is 314 g/mol. The van der Waals surface area contributed by atoms with Crippen molar-refractivity contribution in [3.63, 3.8) is 0 Å². The number of aromatic amines is 2. The summed E-state index contributed by atoms with van der Waals surface area (Å²) in [5.74, 6) is -0.103. The van der Waals surface area contributed by atoms with Crippen molar-refractivity contribution in [3.05, 3.63) is 49.8 Å². The molecule has 0 saturated carbocycles. The normalized spacial score (nSPS) is 10.1. The predicted molar refractivity (Wildman–Crippen MR) is 80.2 cm³/mol. The van der Waals surface area contributed by atoms with Gasteiger partial charge in [-0.05, 0) is 0 Å². The van der Waals surface area contributed by atoms with Crippen LogP contribution < -0.4 is 26.0 Å². The number of benzene rings is 1. The van der Waals surface area contributed by atoms with Crippen LogP contribution in [-0.4, -0.2) is 30.1 Å². The van der Waals surface area contributed by atoms with Crippen LogP contribution in [0.3, 0.4) is 0 Å². The molecular formula is C13H12ClN3O5. The molecule has 0 aliphatic heterocycles. The first-order valence-corrected chi connectivity index (χ1v) is 6.39. The van der Waals surface area contributed by atoms with Crippen molar-refractivity contribution in [1.29, 1.82) is 0 Å². The smallest absolute Gasteiger partial charge is 0.325 e. The van der Waals surface area contributed by atoms with E-state index in [0.717, 1.165) is 6.20 Å². The number of methoxy groups -OCH3 is 2. The molecule has 0 radical (unpaired) electrons. The van der Waals surface area contributed by atoms with Crippen molar-refractivity contribution in [3.8, 4) is 11.5 Å². The van der Waals surface area contributed by atoms with Crippen LogP contribution in [0, 0.1) is 0 Å². The Hall–Kier alpha value is -2.74. The third-order valence-electron chi connectivity index (χ3n) is 2.79. The minimum atomic E-state index is -0.804. The van der Waals surface area contributed by atoms with Crippen molar-refractivity contribution in [2.45, 2.75) is 0 Å². The second-order valence-corrected chi connectivity index (χ2v) is 4.53. The molecule has 8 nitrogen and oxygen atoms in total. The molecule has 0 aliphatic rings. The number of hydrogen-bond donors (Lipinski definition) is 3. The molecule has 1 aromatic carbocycles. The van der Waals surface area contributed by atoms with Gasteiger partial charge in [0.25, 0.3) is 11.5 Å². The van der Waals surface area contributed by atoms with Crippen molar-refractivity contribution < 1.29 is 14.3 Å². The summed E-state index contributed by atoms with van der Waals surface area (Å²) in [5, 5.41) is 2.80. The zero-order valence-electron chi connectivity index (χ0n) is 11.7. The molecule has 2 aromatic rings. The van der Waals surface area contributed by atoms with Gasteiger partial charge in [-0.2, -0.15) is 0 Å². The molecule has 3 N–H and O–H groups in total. The van der Waals surface area contributed by atoms with E-state index in [0.29, 0.717) is 16.5 Å². The fourth-order valence-corrected chi connectivity index (χ4v) is 1.96.